The van der Waals surface area contributed by atoms with Gasteiger partial charge >= 0.3 is 0 Å². The van der Waals surface area contributed by atoms with E-state index in [0.717, 1.165) is 102 Å². The van der Waals surface area contributed by atoms with Crippen molar-refractivity contribution in [2.45, 2.75) is 71.1 Å². The summed E-state index contributed by atoms with van der Waals surface area (Å²) in [6, 6.07) is 6.18. The first-order valence-corrected chi connectivity index (χ1v) is 14.9. The fraction of sp³-hybridized carbons (Fsp3) is 0.606. The van der Waals surface area contributed by atoms with Gasteiger partial charge in [-0.15, -0.1) is 6.58 Å². The minimum atomic E-state index is 0.742. The van der Waals surface area contributed by atoms with Crippen LogP contribution in [0.25, 0.3) is 0 Å². The molecule has 1 heterocycles. The Bertz CT molecular complexity index is 845. The van der Waals surface area contributed by atoms with E-state index < -0.39 is 0 Å². The Morgan fingerprint density at radius 2 is 1.87 bits per heavy atom. The molecular weight excluding hydrogens is 470 g/mol. The zero-order valence-electron chi connectivity index (χ0n) is 24.3. The molecular formula is C33H53N3O2. The van der Waals surface area contributed by atoms with Crippen LogP contribution in [0, 0.1) is 0 Å². The van der Waals surface area contributed by atoms with Gasteiger partial charge in [-0.2, -0.15) is 0 Å². The number of carbonyl (C=O) groups is 1. The average molecular weight is 524 g/mol. The van der Waals surface area contributed by atoms with E-state index in [1.807, 2.05) is 12.1 Å². The SMILES string of the molecule is C=CCCN(CCN(CCN1CCCCC1)C(=C)/C=C/CCCCOC)c1cc(C=O)ccc1CCCC. The summed E-state index contributed by atoms with van der Waals surface area (Å²) in [7, 11) is 1.76. The molecule has 1 aliphatic rings. The van der Waals surface area contributed by atoms with Gasteiger partial charge in [0.2, 0.25) is 0 Å². The molecule has 0 atom stereocenters. The highest BCUT2D eigenvalue weighted by atomic mass is 16.5. The third-order valence-corrected chi connectivity index (χ3v) is 7.45. The molecule has 0 radical (unpaired) electrons. The number of aryl methyl sites for hydroxylation is 1. The molecule has 5 nitrogen and oxygen atoms in total. The maximum Gasteiger partial charge on any atom is 0.150 e. The highest BCUT2D eigenvalue weighted by Crippen LogP contribution is 2.25. The molecule has 2 rings (SSSR count). The molecule has 0 spiro atoms. The van der Waals surface area contributed by atoms with Crippen molar-refractivity contribution in [2.75, 3.05) is 64.4 Å². The Labute approximate surface area is 233 Å². The monoisotopic (exact) mass is 523 g/mol. The second kappa shape index (κ2) is 19.7. The molecule has 0 aliphatic carbocycles. The van der Waals surface area contributed by atoms with Crippen LogP contribution in [0.2, 0.25) is 0 Å². The minimum Gasteiger partial charge on any atom is -0.385 e. The second-order valence-corrected chi connectivity index (χ2v) is 10.4. The van der Waals surface area contributed by atoms with Gasteiger partial charge in [-0.25, -0.2) is 0 Å². The van der Waals surface area contributed by atoms with E-state index in [2.05, 4.69) is 59.1 Å². The number of anilines is 1. The quantitative estimate of drug-likeness (QED) is 0.0758. The van der Waals surface area contributed by atoms with Crippen molar-refractivity contribution in [2.24, 2.45) is 0 Å². The van der Waals surface area contributed by atoms with Crippen molar-refractivity contribution in [1.82, 2.24) is 9.80 Å². The first-order valence-electron chi connectivity index (χ1n) is 14.9. The standard InChI is InChI=1S/C33H53N3O2/c1-5-7-17-32-19-18-31(29-37)28-33(32)36(22-8-6-2)26-25-35(24-23-34-20-13-11-14-21-34)30(3)16-12-9-10-15-27-38-4/h6,12,16,18-19,28-29H,2-3,5,7-11,13-15,17,20-27H2,1,4H3/b16-12+. The molecule has 0 amide bonds. The summed E-state index contributed by atoms with van der Waals surface area (Å²) in [4.78, 5) is 19.1. The molecule has 1 saturated heterocycles. The van der Waals surface area contributed by atoms with Crippen molar-refractivity contribution in [1.29, 1.82) is 0 Å². The largest absolute Gasteiger partial charge is 0.385 e. The maximum atomic E-state index is 11.6. The van der Waals surface area contributed by atoms with Crippen molar-refractivity contribution in [3.63, 3.8) is 0 Å². The van der Waals surface area contributed by atoms with Gasteiger partial charge in [-0.1, -0.05) is 50.6 Å². The Kier molecular flexibility index (Phi) is 16.5. The molecule has 0 N–H and O–H groups in total. The van der Waals surface area contributed by atoms with Gasteiger partial charge in [0.1, 0.15) is 6.29 Å². The lowest BCUT2D eigenvalue weighted by Gasteiger charge is -2.34. The molecule has 1 fully saturated rings. The molecule has 1 aromatic carbocycles. The van der Waals surface area contributed by atoms with Crippen LogP contribution in [0.5, 0.6) is 0 Å². The van der Waals surface area contributed by atoms with E-state index in [9.17, 15) is 4.79 Å². The topological polar surface area (TPSA) is 36.0 Å². The van der Waals surface area contributed by atoms with Gasteiger partial charge in [0.05, 0.1) is 0 Å². The lowest BCUT2D eigenvalue weighted by atomic mass is 10.0. The number of hydrogen-bond donors (Lipinski definition) is 0. The van der Waals surface area contributed by atoms with Crippen LogP contribution in [-0.2, 0) is 11.2 Å². The van der Waals surface area contributed by atoms with Gasteiger partial charge in [-0.05, 0) is 82.2 Å². The fourth-order valence-corrected chi connectivity index (χ4v) is 5.05. The average Bonchev–Trinajstić information content (AvgIpc) is 2.95. The molecule has 5 heteroatoms. The minimum absolute atomic E-state index is 0.742. The zero-order valence-corrected chi connectivity index (χ0v) is 24.3. The van der Waals surface area contributed by atoms with Crippen LogP contribution in [-0.4, -0.2) is 75.6 Å². The number of unbranched alkanes of at least 4 members (excludes halogenated alkanes) is 3. The Morgan fingerprint density at radius 1 is 1.05 bits per heavy atom. The molecule has 1 aromatic rings. The third kappa shape index (κ3) is 12.0. The number of piperidine rings is 1. The molecule has 0 unspecified atom stereocenters. The van der Waals surface area contributed by atoms with Gasteiger partial charge in [0.25, 0.3) is 0 Å². The van der Waals surface area contributed by atoms with Crippen LogP contribution >= 0.6 is 0 Å². The number of ether oxygens (including phenoxy) is 1. The van der Waals surface area contributed by atoms with Crippen LogP contribution in [0.1, 0.15) is 80.6 Å². The molecule has 0 aromatic heterocycles. The van der Waals surface area contributed by atoms with Crippen LogP contribution in [0.4, 0.5) is 5.69 Å². The number of nitrogens with zero attached hydrogens (tertiary/aromatic N) is 3. The van der Waals surface area contributed by atoms with Crippen LogP contribution < -0.4 is 4.90 Å². The maximum absolute atomic E-state index is 11.6. The van der Waals surface area contributed by atoms with Crippen LogP contribution in [0.15, 0.2) is 55.3 Å². The molecule has 212 valence electrons. The Hall–Kier alpha value is -2.37. The number of benzene rings is 1. The van der Waals surface area contributed by atoms with E-state index in [1.54, 1.807) is 7.11 Å². The Morgan fingerprint density at radius 3 is 2.58 bits per heavy atom. The van der Waals surface area contributed by atoms with E-state index in [0.29, 0.717) is 0 Å². The van der Waals surface area contributed by atoms with E-state index >= 15 is 0 Å². The first kappa shape index (κ1) is 31.8. The van der Waals surface area contributed by atoms with E-state index in [1.165, 1.54) is 43.6 Å². The number of carbonyl (C=O) groups excluding carboxylic acids is 1. The highest BCUT2D eigenvalue weighted by Gasteiger charge is 2.16. The summed E-state index contributed by atoms with van der Waals surface area (Å²) in [5, 5.41) is 0. The molecule has 0 saturated carbocycles. The van der Waals surface area contributed by atoms with E-state index in [-0.39, 0.29) is 0 Å². The predicted octanol–water partition coefficient (Wildman–Crippen LogP) is 6.90. The van der Waals surface area contributed by atoms with Crippen molar-refractivity contribution < 1.29 is 9.53 Å². The number of allylic oxidation sites excluding steroid dienone is 2. The molecule has 0 bridgehead atoms. The fourth-order valence-electron chi connectivity index (χ4n) is 5.05. The van der Waals surface area contributed by atoms with Gasteiger partial charge in [-0.3, -0.25) is 4.79 Å². The van der Waals surface area contributed by atoms with Crippen molar-refractivity contribution >= 4 is 12.0 Å². The number of hydrogen-bond acceptors (Lipinski definition) is 5. The van der Waals surface area contributed by atoms with Crippen molar-refractivity contribution in [3.8, 4) is 0 Å². The van der Waals surface area contributed by atoms with Crippen LogP contribution in [0.3, 0.4) is 0 Å². The smallest absolute Gasteiger partial charge is 0.150 e. The number of likely N-dealkylation sites (tertiary alicyclic amines) is 1. The summed E-state index contributed by atoms with van der Waals surface area (Å²) in [6.45, 7) is 18.6. The number of methoxy groups -OCH3 is 1. The zero-order chi connectivity index (χ0) is 27.4. The number of aldehydes is 1. The van der Waals surface area contributed by atoms with Gasteiger partial charge < -0.3 is 19.4 Å². The number of rotatable bonds is 21. The van der Waals surface area contributed by atoms with Gasteiger partial charge in [0.15, 0.2) is 0 Å². The second-order valence-electron chi connectivity index (χ2n) is 10.4. The lowest BCUT2D eigenvalue weighted by molar-refractivity contribution is 0.112. The third-order valence-electron chi connectivity index (χ3n) is 7.45. The summed E-state index contributed by atoms with van der Waals surface area (Å²) in [5.74, 6) is 0. The summed E-state index contributed by atoms with van der Waals surface area (Å²) in [5.41, 5.74) is 4.35. The van der Waals surface area contributed by atoms with Gasteiger partial charge in [0, 0.05) is 63.4 Å². The first-order chi connectivity index (χ1) is 18.6. The molecule has 38 heavy (non-hydrogen) atoms. The highest BCUT2D eigenvalue weighted by molar-refractivity contribution is 5.78. The summed E-state index contributed by atoms with van der Waals surface area (Å²) < 4.78 is 5.18. The van der Waals surface area contributed by atoms with E-state index in [4.69, 9.17) is 4.74 Å². The normalized spacial score (nSPS) is 14.1. The predicted molar refractivity (Wildman–Crippen MR) is 163 cm³/mol. The summed E-state index contributed by atoms with van der Waals surface area (Å²) in [6.07, 6.45) is 18.9. The molecule has 1 aliphatic heterocycles. The van der Waals surface area contributed by atoms with Crippen molar-refractivity contribution in [3.05, 3.63) is 66.4 Å². The summed E-state index contributed by atoms with van der Waals surface area (Å²) >= 11 is 0. The Balaban J connectivity index is 2.15. The lowest BCUT2D eigenvalue weighted by Crippen LogP contribution is -2.40.